The van der Waals surface area contributed by atoms with Gasteiger partial charge in [-0.15, -0.1) is 11.3 Å². The van der Waals surface area contributed by atoms with Crippen LogP contribution in [0.15, 0.2) is 71.0 Å². The maximum atomic E-state index is 13.0. The average Bonchev–Trinajstić information content (AvgIpc) is 3.09. The van der Waals surface area contributed by atoms with Gasteiger partial charge in [-0.3, -0.25) is 9.59 Å². The Morgan fingerprint density at radius 3 is 2.92 bits per heavy atom. The van der Waals surface area contributed by atoms with E-state index < -0.39 is 0 Å². The van der Waals surface area contributed by atoms with E-state index in [4.69, 9.17) is 0 Å². The highest BCUT2D eigenvalue weighted by atomic mass is 32.1. The summed E-state index contributed by atoms with van der Waals surface area (Å²) in [6, 6.07) is 4.84. The molecule has 5 heteroatoms. The monoisotopic (exact) mass is 352 g/mol. The van der Waals surface area contributed by atoms with Crippen molar-refractivity contribution in [1.82, 2.24) is 9.88 Å². The molecule has 2 aromatic rings. The molecule has 0 radical (unpaired) electrons. The zero-order chi connectivity index (χ0) is 17.8. The summed E-state index contributed by atoms with van der Waals surface area (Å²) in [5.41, 5.74) is 2.28. The molecule has 1 aliphatic rings. The van der Waals surface area contributed by atoms with Crippen molar-refractivity contribution in [2.45, 2.75) is 19.4 Å². The van der Waals surface area contributed by atoms with Gasteiger partial charge in [0.05, 0.1) is 11.6 Å². The number of aromatic amines is 1. The number of fused-ring (bicyclic) bond motifs is 1. The van der Waals surface area contributed by atoms with Gasteiger partial charge in [-0.25, -0.2) is 0 Å². The number of thiophene rings is 1. The van der Waals surface area contributed by atoms with Gasteiger partial charge in [-0.05, 0) is 42.0 Å². The highest BCUT2D eigenvalue weighted by Crippen LogP contribution is 2.38. The molecule has 1 N–H and O–H groups in total. The molecule has 1 amide bonds. The molecule has 0 bridgehead atoms. The maximum Gasteiger partial charge on any atom is 0.256 e. The van der Waals surface area contributed by atoms with E-state index in [0.29, 0.717) is 12.1 Å². The summed E-state index contributed by atoms with van der Waals surface area (Å²) in [5, 5.41) is 2.06. The first-order valence-corrected chi connectivity index (χ1v) is 9.04. The summed E-state index contributed by atoms with van der Waals surface area (Å²) >= 11 is 1.72. The first kappa shape index (κ1) is 17.2. The number of nitrogens with zero attached hydrogens (tertiary/aromatic N) is 1. The molecule has 0 saturated carbocycles. The Morgan fingerprint density at radius 1 is 1.36 bits per heavy atom. The van der Waals surface area contributed by atoms with Crippen LogP contribution in [0.4, 0.5) is 0 Å². The van der Waals surface area contributed by atoms with Gasteiger partial charge in [0.1, 0.15) is 0 Å². The quantitative estimate of drug-likeness (QED) is 0.850. The number of H-pyrrole nitrogens is 1. The lowest BCUT2D eigenvalue weighted by atomic mass is 9.93. The third-order valence-electron chi connectivity index (χ3n) is 4.22. The van der Waals surface area contributed by atoms with Gasteiger partial charge < -0.3 is 9.88 Å². The van der Waals surface area contributed by atoms with E-state index in [2.05, 4.69) is 23.0 Å². The van der Waals surface area contributed by atoms with Crippen LogP contribution < -0.4 is 5.56 Å². The predicted octanol–water partition coefficient (Wildman–Crippen LogP) is 3.86. The lowest BCUT2D eigenvalue weighted by Crippen LogP contribution is -2.40. The van der Waals surface area contributed by atoms with Crippen LogP contribution in [-0.4, -0.2) is 22.3 Å². The second-order valence-electron chi connectivity index (χ2n) is 5.85. The third-order valence-corrected chi connectivity index (χ3v) is 5.22. The SMILES string of the molecule is C=C(/C=C\C=C/C)[C@@H]1c2ccsc2CCN1C(=O)c1ccc(=O)[nH]c1. The molecule has 0 saturated heterocycles. The molecule has 4 nitrogen and oxygen atoms in total. The van der Waals surface area contributed by atoms with Crippen molar-refractivity contribution < 1.29 is 4.79 Å². The number of pyridine rings is 1. The fourth-order valence-electron chi connectivity index (χ4n) is 3.03. The molecular weight excluding hydrogens is 332 g/mol. The molecular formula is C20H20N2O2S. The minimum absolute atomic E-state index is 0.0984. The summed E-state index contributed by atoms with van der Waals surface area (Å²) in [6.07, 6.45) is 10.1. The number of carbonyl (C=O) groups excluding carboxylic acids is 1. The summed E-state index contributed by atoms with van der Waals surface area (Å²) in [6.45, 7) is 6.79. The number of hydrogen-bond acceptors (Lipinski definition) is 3. The molecule has 1 aliphatic heterocycles. The van der Waals surface area contributed by atoms with E-state index in [1.54, 1.807) is 17.4 Å². The highest BCUT2D eigenvalue weighted by Gasteiger charge is 2.33. The van der Waals surface area contributed by atoms with Gasteiger partial charge in [0, 0.05) is 23.7 Å². The number of allylic oxidation sites excluding steroid dienone is 3. The van der Waals surface area contributed by atoms with Crippen molar-refractivity contribution in [3.05, 3.63) is 92.6 Å². The number of rotatable bonds is 4. The Balaban J connectivity index is 1.96. The summed E-state index contributed by atoms with van der Waals surface area (Å²) in [4.78, 5) is 30.0. The van der Waals surface area contributed by atoms with E-state index in [9.17, 15) is 9.59 Å². The molecule has 0 spiro atoms. The van der Waals surface area contributed by atoms with Crippen molar-refractivity contribution in [3.8, 4) is 0 Å². The number of aromatic nitrogens is 1. The van der Waals surface area contributed by atoms with Crippen LogP contribution in [0, 0.1) is 0 Å². The van der Waals surface area contributed by atoms with Crippen LogP contribution in [0.25, 0.3) is 0 Å². The standard InChI is InChI=1S/C20H20N2O2S/c1-3-4-5-6-14(2)19-16-10-12-25-17(16)9-11-22(19)20(24)15-7-8-18(23)21-13-15/h3-8,10,12-13,19H,2,9,11H2,1H3,(H,21,23)/b4-3-,6-5-/t19-/m1/s1. The smallest absolute Gasteiger partial charge is 0.256 e. The zero-order valence-corrected chi connectivity index (χ0v) is 14.9. The van der Waals surface area contributed by atoms with Crippen LogP contribution >= 0.6 is 11.3 Å². The number of carbonyl (C=O) groups is 1. The molecule has 0 unspecified atom stereocenters. The second kappa shape index (κ2) is 7.49. The highest BCUT2D eigenvalue weighted by molar-refractivity contribution is 7.10. The first-order valence-electron chi connectivity index (χ1n) is 8.16. The van der Waals surface area contributed by atoms with Gasteiger partial charge in [0.25, 0.3) is 5.91 Å². The normalized spacial score (nSPS) is 17.2. The molecule has 1 atom stereocenters. The Morgan fingerprint density at radius 2 is 2.20 bits per heavy atom. The van der Waals surface area contributed by atoms with E-state index in [1.807, 2.05) is 36.1 Å². The van der Waals surface area contributed by atoms with Crippen LogP contribution in [-0.2, 0) is 6.42 Å². The average molecular weight is 352 g/mol. The van der Waals surface area contributed by atoms with E-state index in [0.717, 1.165) is 17.6 Å². The van der Waals surface area contributed by atoms with Gasteiger partial charge in [-0.1, -0.05) is 30.9 Å². The fraction of sp³-hybridized carbons (Fsp3) is 0.200. The van der Waals surface area contributed by atoms with E-state index in [-0.39, 0.29) is 17.5 Å². The van der Waals surface area contributed by atoms with Gasteiger partial charge >= 0.3 is 0 Å². The van der Waals surface area contributed by atoms with Crippen LogP contribution in [0.2, 0.25) is 0 Å². The second-order valence-corrected chi connectivity index (χ2v) is 6.85. The zero-order valence-electron chi connectivity index (χ0n) is 14.1. The fourth-order valence-corrected chi connectivity index (χ4v) is 3.93. The summed E-state index contributed by atoms with van der Waals surface area (Å²) < 4.78 is 0. The maximum absolute atomic E-state index is 13.0. The molecule has 0 aliphatic carbocycles. The largest absolute Gasteiger partial charge is 0.328 e. The van der Waals surface area contributed by atoms with Crippen molar-refractivity contribution in [1.29, 1.82) is 0 Å². The Kier molecular flexibility index (Phi) is 5.14. The van der Waals surface area contributed by atoms with Crippen LogP contribution in [0.1, 0.15) is 33.8 Å². The number of amides is 1. The minimum Gasteiger partial charge on any atom is -0.328 e. The third kappa shape index (κ3) is 3.56. The van der Waals surface area contributed by atoms with Gasteiger partial charge in [-0.2, -0.15) is 0 Å². The molecule has 25 heavy (non-hydrogen) atoms. The van der Waals surface area contributed by atoms with Crippen molar-refractivity contribution in [2.24, 2.45) is 0 Å². The van der Waals surface area contributed by atoms with Crippen molar-refractivity contribution >= 4 is 17.2 Å². The molecule has 0 fully saturated rings. The number of nitrogens with one attached hydrogen (secondary N) is 1. The molecule has 0 aromatic carbocycles. The van der Waals surface area contributed by atoms with Gasteiger partial charge in [0.2, 0.25) is 5.56 Å². The molecule has 3 rings (SSSR count). The van der Waals surface area contributed by atoms with E-state index >= 15 is 0 Å². The minimum atomic E-state index is -0.217. The molecule has 128 valence electrons. The predicted molar refractivity (Wildman–Crippen MR) is 102 cm³/mol. The summed E-state index contributed by atoms with van der Waals surface area (Å²) in [5.74, 6) is -0.0984. The van der Waals surface area contributed by atoms with Crippen LogP contribution in [0.3, 0.4) is 0 Å². The summed E-state index contributed by atoms with van der Waals surface area (Å²) in [7, 11) is 0. The van der Waals surface area contributed by atoms with E-state index in [1.165, 1.54) is 17.1 Å². The lowest BCUT2D eigenvalue weighted by molar-refractivity contribution is 0.0695. The van der Waals surface area contributed by atoms with Crippen molar-refractivity contribution in [2.75, 3.05) is 6.54 Å². The molecule has 2 aromatic heterocycles. The molecule has 3 heterocycles. The Labute approximate surface area is 150 Å². The topological polar surface area (TPSA) is 53.2 Å². The van der Waals surface area contributed by atoms with Crippen molar-refractivity contribution in [3.63, 3.8) is 0 Å². The van der Waals surface area contributed by atoms with Crippen LogP contribution in [0.5, 0.6) is 0 Å². The lowest BCUT2D eigenvalue weighted by Gasteiger charge is -2.36. The first-order chi connectivity index (χ1) is 12.1. The Hall–Kier alpha value is -2.66. The number of hydrogen-bond donors (Lipinski definition) is 1. The van der Waals surface area contributed by atoms with Gasteiger partial charge in [0.15, 0.2) is 0 Å². The Bertz CT molecular complexity index is 884.